The molecule has 1 fully saturated rings. The average Bonchev–Trinajstić information content (AvgIpc) is 3.43. The number of hydrogen-bond acceptors (Lipinski definition) is 9. The zero-order valence-corrected chi connectivity index (χ0v) is 23.2. The summed E-state index contributed by atoms with van der Waals surface area (Å²) in [7, 11) is 1.25. The Morgan fingerprint density at radius 3 is 2.44 bits per heavy atom. The minimum absolute atomic E-state index is 0.115. The average molecular weight is 551 g/mol. The number of Topliss-reactive ketones (excluding diaryl/α,β-unsaturated/α-hetero) is 1. The number of nitrogens with zero attached hydrogens (tertiary/aromatic N) is 2. The van der Waals surface area contributed by atoms with Crippen molar-refractivity contribution in [1.29, 1.82) is 0 Å². The second-order valence-electron chi connectivity index (χ2n) is 9.27. The highest BCUT2D eigenvalue weighted by Crippen LogP contribution is 2.46. The van der Waals surface area contributed by atoms with E-state index in [0.717, 1.165) is 11.3 Å². The standard InChI is InChI=1S/C29H30N2O7S/c1-6-37-21-10-8-7-9-20(21)23-22(24(32)18-11-13-19(14-12-18)38-15-16(2)3)25(33)27(34)31(23)29-30-17(4)26(39-29)28(35)36-5/h7-14,16,23,32H,6,15H2,1-5H3/b24-22+. The predicted octanol–water partition coefficient (Wildman–Crippen LogP) is 5.30. The van der Waals surface area contributed by atoms with Crippen molar-refractivity contribution >= 4 is 39.9 Å². The monoisotopic (exact) mass is 550 g/mol. The molecular weight excluding hydrogens is 520 g/mol. The van der Waals surface area contributed by atoms with Gasteiger partial charge in [-0.1, -0.05) is 43.4 Å². The van der Waals surface area contributed by atoms with E-state index in [-0.39, 0.29) is 21.3 Å². The maximum absolute atomic E-state index is 13.5. The molecule has 9 nitrogen and oxygen atoms in total. The fourth-order valence-electron chi connectivity index (χ4n) is 4.21. The van der Waals surface area contributed by atoms with Crippen LogP contribution in [-0.2, 0) is 14.3 Å². The smallest absolute Gasteiger partial charge is 0.350 e. The molecule has 1 saturated heterocycles. The van der Waals surface area contributed by atoms with Gasteiger partial charge in [0.1, 0.15) is 28.2 Å². The first-order chi connectivity index (χ1) is 18.7. The number of benzene rings is 2. The summed E-state index contributed by atoms with van der Waals surface area (Å²) in [5.74, 6) is -1.29. The fraction of sp³-hybridized carbons (Fsp3) is 0.310. The summed E-state index contributed by atoms with van der Waals surface area (Å²) >= 11 is 0.938. The van der Waals surface area contributed by atoms with Crippen LogP contribution in [0, 0.1) is 12.8 Å². The molecule has 10 heteroatoms. The Balaban J connectivity index is 1.88. The molecule has 3 aromatic rings. The van der Waals surface area contributed by atoms with Gasteiger partial charge in [-0.25, -0.2) is 9.78 Å². The number of methoxy groups -OCH3 is 1. The third-order valence-corrected chi connectivity index (χ3v) is 7.17. The van der Waals surface area contributed by atoms with E-state index in [2.05, 4.69) is 4.98 Å². The summed E-state index contributed by atoms with van der Waals surface area (Å²) in [4.78, 5) is 45.1. The van der Waals surface area contributed by atoms with Crippen LogP contribution in [0.15, 0.2) is 54.1 Å². The number of ketones is 1. The lowest BCUT2D eigenvalue weighted by Gasteiger charge is -2.24. The highest BCUT2D eigenvalue weighted by Gasteiger charge is 2.49. The number of aliphatic hydroxyl groups is 1. The van der Waals surface area contributed by atoms with E-state index in [4.69, 9.17) is 14.2 Å². The lowest BCUT2D eigenvalue weighted by Crippen LogP contribution is -2.29. The number of aryl methyl sites for hydroxylation is 1. The van der Waals surface area contributed by atoms with Crippen molar-refractivity contribution in [2.24, 2.45) is 5.92 Å². The van der Waals surface area contributed by atoms with E-state index < -0.39 is 23.7 Å². The molecule has 204 valence electrons. The van der Waals surface area contributed by atoms with Crippen LogP contribution in [0.3, 0.4) is 0 Å². The molecule has 1 aliphatic heterocycles. The molecule has 0 spiro atoms. The van der Waals surface area contributed by atoms with Gasteiger partial charge in [-0.3, -0.25) is 14.5 Å². The molecule has 0 bridgehead atoms. The molecule has 1 aromatic heterocycles. The molecule has 0 radical (unpaired) electrons. The molecule has 39 heavy (non-hydrogen) atoms. The minimum Gasteiger partial charge on any atom is -0.507 e. The van der Waals surface area contributed by atoms with Crippen LogP contribution in [0.1, 0.15) is 53.3 Å². The lowest BCUT2D eigenvalue weighted by atomic mass is 9.94. The molecular formula is C29H30N2O7S. The van der Waals surface area contributed by atoms with Gasteiger partial charge >= 0.3 is 11.9 Å². The normalized spacial score (nSPS) is 16.6. The number of aliphatic hydroxyl groups excluding tert-OH is 1. The first kappa shape index (κ1) is 27.8. The highest BCUT2D eigenvalue weighted by molar-refractivity contribution is 7.17. The number of aromatic nitrogens is 1. The molecule has 2 heterocycles. The molecule has 1 unspecified atom stereocenters. The number of anilines is 1. The summed E-state index contributed by atoms with van der Waals surface area (Å²) < 4.78 is 16.4. The second-order valence-corrected chi connectivity index (χ2v) is 10.2. The zero-order chi connectivity index (χ0) is 28.3. The number of hydrogen-bond donors (Lipinski definition) is 1. The number of thiazole rings is 1. The third-order valence-electron chi connectivity index (χ3n) is 6.03. The van der Waals surface area contributed by atoms with Crippen LogP contribution in [-0.4, -0.2) is 48.1 Å². The molecule has 0 saturated carbocycles. The van der Waals surface area contributed by atoms with Gasteiger partial charge in [0.05, 0.1) is 31.6 Å². The van der Waals surface area contributed by atoms with Gasteiger partial charge in [0.25, 0.3) is 5.78 Å². The van der Waals surface area contributed by atoms with Crippen molar-refractivity contribution in [1.82, 2.24) is 4.98 Å². The summed E-state index contributed by atoms with van der Waals surface area (Å²) in [5.41, 5.74) is 1.08. The molecule has 1 N–H and O–H groups in total. The lowest BCUT2D eigenvalue weighted by molar-refractivity contribution is -0.132. The van der Waals surface area contributed by atoms with Gasteiger partial charge in [0, 0.05) is 11.1 Å². The van der Waals surface area contributed by atoms with Crippen LogP contribution in [0.2, 0.25) is 0 Å². The molecule has 2 aromatic carbocycles. The maximum atomic E-state index is 13.5. The number of carbonyl (C=O) groups excluding carboxylic acids is 3. The Hall–Kier alpha value is -4.18. The predicted molar refractivity (Wildman–Crippen MR) is 147 cm³/mol. The maximum Gasteiger partial charge on any atom is 0.350 e. The van der Waals surface area contributed by atoms with Crippen LogP contribution >= 0.6 is 11.3 Å². The van der Waals surface area contributed by atoms with Crippen molar-refractivity contribution < 1.29 is 33.7 Å². The van der Waals surface area contributed by atoms with Gasteiger partial charge in [-0.05, 0) is 50.1 Å². The van der Waals surface area contributed by atoms with E-state index >= 15 is 0 Å². The van der Waals surface area contributed by atoms with Gasteiger partial charge in [-0.2, -0.15) is 0 Å². The number of ether oxygens (including phenoxy) is 3. The number of rotatable bonds is 9. The number of amides is 1. The number of para-hydroxylation sites is 1. The molecule has 0 aliphatic carbocycles. The first-order valence-electron chi connectivity index (χ1n) is 12.5. The quantitative estimate of drug-likeness (QED) is 0.165. The van der Waals surface area contributed by atoms with Gasteiger partial charge in [0.15, 0.2) is 5.13 Å². The summed E-state index contributed by atoms with van der Waals surface area (Å²) in [6.07, 6.45) is 0. The Morgan fingerprint density at radius 1 is 1.10 bits per heavy atom. The van der Waals surface area contributed by atoms with Gasteiger partial charge in [-0.15, -0.1) is 0 Å². The largest absolute Gasteiger partial charge is 0.507 e. The van der Waals surface area contributed by atoms with Crippen LogP contribution < -0.4 is 14.4 Å². The van der Waals surface area contributed by atoms with E-state index in [9.17, 15) is 19.5 Å². The van der Waals surface area contributed by atoms with Crippen LogP contribution in [0.5, 0.6) is 11.5 Å². The van der Waals surface area contributed by atoms with Crippen molar-refractivity contribution in [2.45, 2.75) is 33.7 Å². The van der Waals surface area contributed by atoms with Crippen molar-refractivity contribution in [2.75, 3.05) is 25.2 Å². The highest BCUT2D eigenvalue weighted by atomic mass is 32.1. The minimum atomic E-state index is -1.05. The van der Waals surface area contributed by atoms with Gasteiger partial charge in [0.2, 0.25) is 0 Å². The first-order valence-corrected chi connectivity index (χ1v) is 13.3. The molecule has 4 rings (SSSR count). The van der Waals surface area contributed by atoms with E-state index in [1.54, 1.807) is 55.5 Å². The second kappa shape index (κ2) is 11.7. The fourth-order valence-corrected chi connectivity index (χ4v) is 5.22. The molecule has 1 aliphatic rings. The summed E-state index contributed by atoms with van der Waals surface area (Å²) in [5, 5.41) is 11.6. The van der Waals surface area contributed by atoms with Gasteiger partial charge < -0.3 is 19.3 Å². The Kier molecular flexibility index (Phi) is 8.35. The summed E-state index contributed by atoms with van der Waals surface area (Å²) in [6.45, 7) is 8.40. The van der Waals surface area contributed by atoms with Crippen LogP contribution in [0.4, 0.5) is 5.13 Å². The molecule has 1 atom stereocenters. The Morgan fingerprint density at radius 2 is 1.79 bits per heavy atom. The topological polar surface area (TPSA) is 115 Å². The van der Waals surface area contributed by atoms with E-state index in [1.165, 1.54) is 12.0 Å². The SMILES string of the molecule is CCOc1ccccc1C1/C(=C(\O)c2ccc(OCC(C)C)cc2)C(=O)C(=O)N1c1nc(C)c(C(=O)OC)s1. The van der Waals surface area contributed by atoms with Crippen LogP contribution in [0.25, 0.3) is 5.76 Å². The van der Waals surface area contributed by atoms with E-state index in [1.807, 2.05) is 20.8 Å². The Labute approximate surface area is 230 Å². The van der Waals surface area contributed by atoms with Crippen molar-refractivity contribution in [3.63, 3.8) is 0 Å². The number of carbonyl (C=O) groups is 3. The Bertz CT molecular complexity index is 1430. The van der Waals surface area contributed by atoms with Crippen molar-refractivity contribution in [3.05, 3.63) is 75.8 Å². The summed E-state index contributed by atoms with van der Waals surface area (Å²) in [6, 6.07) is 12.6. The molecule has 1 amide bonds. The third kappa shape index (κ3) is 5.51. The zero-order valence-electron chi connectivity index (χ0n) is 22.4. The van der Waals surface area contributed by atoms with Crippen molar-refractivity contribution in [3.8, 4) is 11.5 Å². The van der Waals surface area contributed by atoms with E-state index in [0.29, 0.717) is 47.5 Å². The number of esters is 1.